The van der Waals surface area contributed by atoms with Gasteiger partial charge in [-0.1, -0.05) is 54.1 Å². The molecule has 3 nitrogen and oxygen atoms in total. The Morgan fingerprint density at radius 2 is 1.95 bits per heavy atom. The van der Waals surface area contributed by atoms with Crippen molar-refractivity contribution in [2.24, 2.45) is 0 Å². The molecule has 0 spiro atoms. The average molecular weight is 284 g/mol. The Morgan fingerprint density at radius 1 is 1.20 bits per heavy atom. The third-order valence-electron chi connectivity index (χ3n) is 3.31. The summed E-state index contributed by atoms with van der Waals surface area (Å²) in [6.07, 6.45) is -0.514. The Labute approximate surface area is 121 Å². The number of nitrogens with zero attached hydrogens (tertiary/aromatic N) is 1. The lowest BCUT2D eigenvalue weighted by molar-refractivity contribution is 0.0914. The van der Waals surface area contributed by atoms with Crippen LogP contribution in [0.25, 0.3) is 0 Å². The second-order valence-corrected chi connectivity index (χ2v) is 5.03. The van der Waals surface area contributed by atoms with Gasteiger partial charge in [0.25, 0.3) is 0 Å². The number of carbonyl (C=O) groups is 1. The van der Waals surface area contributed by atoms with E-state index >= 15 is 0 Å². The summed E-state index contributed by atoms with van der Waals surface area (Å²) in [5, 5.41) is 9.82. The fourth-order valence-corrected chi connectivity index (χ4v) is 2.43. The van der Waals surface area contributed by atoms with Crippen LogP contribution in [0.2, 0.25) is 5.02 Å². The van der Waals surface area contributed by atoms with Crippen molar-refractivity contribution in [1.82, 2.24) is 0 Å². The van der Waals surface area contributed by atoms with Crippen LogP contribution in [-0.4, -0.2) is 11.4 Å². The monoisotopic (exact) mass is 283 g/mol. The Morgan fingerprint density at radius 3 is 2.60 bits per heavy atom. The second-order valence-electron chi connectivity index (χ2n) is 4.60. The van der Waals surface area contributed by atoms with Crippen LogP contribution in [0.15, 0.2) is 54.6 Å². The van der Waals surface area contributed by atoms with Crippen LogP contribution < -0.4 is 0 Å². The molecule has 0 aliphatic carbocycles. The predicted molar refractivity (Wildman–Crippen MR) is 74.4 cm³/mol. The van der Waals surface area contributed by atoms with Gasteiger partial charge >= 0.3 is 0 Å². The summed E-state index contributed by atoms with van der Waals surface area (Å²) in [6, 6.07) is 17.8. The number of rotatable bonds is 3. The lowest BCUT2D eigenvalue weighted by Gasteiger charge is -2.04. The van der Waals surface area contributed by atoms with Gasteiger partial charge in [-0.2, -0.15) is 5.26 Å². The standard InChI is InChI=1S/C16H10ClNO2/c17-13-8-4-7-12(9-13)14(19)16(10-18)15(20-16)11-5-2-1-3-6-11/h1-9,15H/t15-,16-/m0/s1. The highest BCUT2D eigenvalue weighted by molar-refractivity contribution is 6.31. The quantitative estimate of drug-likeness (QED) is 0.639. The zero-order valence-corrected chi connectivity index (χ0v) is 11.2. The van der Waals surface area contributed by atoms with Gasteiger partial charge in [-0.05, 0) is 17.7 Å². The van der Waals surface area contributed by atoms with Gasteiger partial charge < -0.3 is 4.74 Å². The molecule has 0 unspecified atom stereocenters. The number of carbonyl (C=O) groups excluding carboxylic acids is 1. The number of epoxide rings is 1. The highest BCUT2D eigenvalue weighted by atomic mass is 35.5. The van der Waals surface area contributed by atoms with Crippen molar-refractivity contribution in [1.29, 1.82) is 5.26 Å². The van der Waals surface area contributed by atoms with E-state index < -0.39 is 11.7 Å². The van der Waals surface area contributed by atoms with Crippen molar-refractivity contribution in [2.75, 3.05) is 0 Å². The maximum atomic E-state index is 12.5. The van der Waals surface area contributed by atoms with Crippen LogP contribution in [0.3, 0.4) is 0 Å². The summed E-state index contributed by atoms with van der Waals surface area (Å²) >= 11 is 5.88. The number of hydrogen-bond donors (Lipinski definition) is 0. The topological polar surface area (TPSA) is 53.4 Å². The third kappa shape index (κ3) is 2.00. The zero-order valence-electron chi connectivity index (χ0n) is 10.4. The normalized spacial score (nSPS) is 23.9. The minimum Gasteiger partial charge on any atom is -0.338 e. The molecule has 4 heteroatoms. The molecule has 3 rings (SSSR count). The van der Waals surface area contributed by atoms with Crippen LogP contribution in [0.5, 0.6) is 0 Å². The molecule has 98 valence electrons. The molecule has 1 saturated heterocycles. The van der Waals surface area contributed by atoms with E-state index in [1.54, 1.807) is 24.3 Å². The van der Waals surface area contributed by atoms with E-state index in [1.807, 2.05) is 36.4 Å². The maximum absolute atomic E-state index is 12.5. The summed E-state index contributed by atoms with van der Waals surface area (Å²) in [4.78, 5) is 12.5. The molecule has 20 heavy (non-hydrogen) atoms. The minimum atomic E-state index is -1.42. The Kier molecular flexibility index (Phi) is 3.06. The van der Waals surface area contributed by atoms with Crippen LogP contribution in [-0.2, 0) is 4.74 Å². The van der Waals surface area contributed by atoms with Crippen LogP contribution in [0, 0.1) is 11.3 Å². The summed E-state index contributed by atoms with van der Waals surface area (Å²) in [5.74, 6) is -0.351. The number of ketones is 1. The Bertz CT molecular complexity index is 708. The first kappa shape index (κ1) is 12.9. The zero-order chi connectivity index (χ0) is 14.2. The summed E-state index contributed by atoms with van der Waals surface area (Å²) in [5.41, 5.74) is -0.214. The number of halogens is 1. The SMILES string of the molecule is N#C[C@@]1(C(=O)c2cccc(Cl)c2)O[C@H]1c1ccccc1. The molecular weight excluding hydrogens is 274 g/mol. The molecular formula is C16H10ClNO2. The number of Topliss-reactive ketones (excluding diaryl/α,β-unsaturated/α-hetero) is 1. The summed E-state index contributed by atoms with van der Waals surface area (Å²) < 4.78 is 5.44. The number of hydrogen-bond acceptors (Lipinski definition) is 3. The van der Waals surface area contributed by atoms with Crippen LogP contribution >= 0.6 is 11.6 Å². The van der Waals surface area contributed by atoms with E-state index in [9.17, 15) is 10.1 Å². The minimum absolute atomic E-state index is 0.351. The van der Waals surface area contributed by atoms with Gasteiger partial charge in [0.15, 0.2) is 0 Å². The first-order valence-electron chi connectivity index (χ1n) is 6.12. The summed E-state index contributed by atoms with van der Waals surface area (Å²) in [7, 11) is 0. The molecule has 2 aromatic carbocycles. The molecule has 0 N–H and O–H groups in total. The lowest BCUT2D eigenvalue weighted by Crippen LogP contribution is -2.23. The number of benzene rings is 2. The van der Waals surface area contributed by atoms with Gasteiger partial charge in [-0.3, -0.25) is 4.79 Å². The van der Waals surface area contributed by atoms with Crippen molar-refractivity contribution < 1.29 is 9.53 Å². The van der Waals surface area contributed by atoms with Crippen LogP contribution in [0.4, 0.5) is 0 Å². The maximum Gasteiger partial charge on any atom is 0.248 e. The lowest BCUT2D eigenvalue weighted by atomic mass is 9.92. The predicted octanol–water partition coefficient (Wildman–Crippen LogP) is 3.56. The molecule has 0 bridgehead atoms. The van der Waals surface area contributed by atoms with Crippen molar-refractivity contribution in [3.63, 3.8) is 0 Å². The van der Waals surface area contributed by atoms with Crippen molar-refractivity contribution in [3.05, 3.63) is 70.7 Å². The van der Waals surface area contributed by atoms with Crippen molar-refractivity contribution in [2.45, 2.75) is 11.7 Å². The smallest absolute Gasteiger partial charge is 0.248 e. The molecule has 2 atom stereocenters. The third-order valence-corrected chi connectivity index (χ3v) is 3.54. The molecule has 0 radical (unpaired) electrons. The highest BCUT2D eigenvalue weighted by Gasteiger charge is 2.64. The molecule has 0 aromatic heterocycles. The van der Waals surface area contributed by atoms with E-state index in [0.29, 0.717) is 10.6 Å². The Balaban J connectivity index is 1.93. The molecule has 1 fully saturated rings. The first-order chi connectivity index (χ1) is 9.67. The van der Waals surface area contributed by atoms with Crippen LogP contribution in [0.1, 0.15) is 22.0 Å². The fourth-order valence-electron chi connectivity index (χ4n) is 2.23. The van der Waals surface area contributed by atoms with Gasteiger partial charge in [0, 0.05) is 10.6 Å². The largest absolute Gasteiger partial charge is 0.338 e. The fraction of sp³-hybridized carbons (Fsp3) is 0.125. The van der Waals surface area contributed by atoms with E-state index in [1.165, 1.54) is 0 Å². The average Bonchev–Trinajstić information content (AvgIpc) is 3.23. The van der Waals surface area contributed by atoms with Gasteiger partial charge in [-0.25, -0.2) is 0 Å². The number of ether oxygens (including phenoxy) is 1. The summed E-state index contributed by atoms with van der Waals surface area (Å²) in [6.45, 7) is 0. The Hall–Kier alpha value is -2.15. The van der Waals surface area contributed by atoms with Gasteiger partial charge in [0.1, 0.15) is 12.2 Å². The molecule has 1 aliphatic heterocycles. The van der Waals surface area contributed by atoms with E-state index in [2.05, 4.69) is 0 Å². The second kappa shape index (κ2) is 4.75. The van der Waals surface area contributed by atoms with E-state index in [4.69, 9.17) is 16.3 Å². The highest BCUT2D eigenvalue weighted by Crippen LogP contribution is 2.51. The first-order valence-corrected chi connectivity index (χ1v) is 6.49. The molecule has 1 aliphatic rings. The molecule has 1 heterocycles. The van der Waals surface area contributed by atoms with E-state index in [-0.39, 0.29) is 5.78 Å². The molecule has 0 amide bonds. The van der Waals surface area contributed by atoms with Crippen molar-refractivity contribution >= 4 is 17.4 Å². The molecule has 2 aromatic rings. The molecule has 0 saturated carbocycles. The van der Waals surface area contributed by atoms with Gasteiger partial charge in [0.2, 0.25) is 11.4 Å². The van der Waals surface area contributed by atoms with Gasteiger partial charge in [-0.15, -0.1) is 0 Å². The van der Waals surface area contributed by atoms with E-state index in [0.717, 1.165) is 5.56 Å². The van der Waals surface area contributed by atoms with Crippen molar-refractivity contribution in [3.8, 4) is 6.07 Å². The number of nitriles is 1. The van der Waals surface area contributed by atoms with Gasteiger partial charge in [0.05, 0.1) is 0 Å².